The molecule has 0 saturated heterocycles. The molecule has 0 atom stereocenters. The average molecular weight is 535 g/mol. The fourth-order valence-corrected chi connectivity index (χ4v) is 6.22. The number of rotatable bonds is 5. The normalized spacial score (nSPS) is 14.3. The third-order valence-electron chi connectivity index (χ3n) is 7.35. The lowest BCUT2D eigenvalue weighted by Crippen LogP contribution is -2.24. The minimum atomic E-state index is 0.0738. The Morgan fingerprint density at radius 3 is 2.79 bits per heavy atom. The summed E-state index contributed by atoms with van der Waals surface area (Å²) >= 11 is 1.74. The van der Waals surface area contributed by atoms with E-state index < -0.39 is 0 Å². The van der Waals surface area contributed by atoms with Crippen LogP contribution < -0.4 is 5.32 Å². The number of anilines is 1. The van der Waals surface area contributed by atoms with Crippen molar-refractivity contribution >= 4 is 45.0 Å². The number of H-pyrrole nitrogens is 2. The van der Waals surface area contributed by atoms with Crippen molar-refractivity contribution in [2.45, 2.75) is 39.0 Å². The van der Waals surface area contributed by atoms with Gasteiger partial charge in [0.2, 0.25) is 5.91 Å². The van der Waals surface area contributed by atoms with Gasteiger partial charge in [-0.25, -0.2) is 9.97 Å². The Hall–Kier alpha value is -4.44. The zero-order chi connectivity index (χ0) is 26.3. The first-order valence-corrected chi connectivity index (χ1v) is 14.0. The van der Waals surface area contributed by atoms with Crippen LogP contribution in [0.5, 0.6) is 0 Å². The van der Waals surface area contributed by atoms with Gasteiger partial charge in [0.1, 0.15) is 5.69 Å². The molecule has 1 fully saturated rings. The Bertz CT molecular complexity index is 1830. The van der Waals surface area contributed by atoms with Crippen molar-refractivity contribution in [2.75, 3.05) is 5.32 Å². The van der Waals surface area contributed by atoms with Gasteiger partial charge in [-0.05, 0) is 50.1 Å². The smallest absolute Gasteiger partial charge is 0.227 e. The molecule has 1 aliphatic carbocycles. The van der Waals surface area contributed by atoms with Crippen LogP contribution in [0, 0.1) is 12.8 Å². The van der Waals surface area contributed by atoms with E-state index in [-0.39, 0.29) is 11.8 Å². The molecule has 0 radical (unpaired) electrons. The number of nitrogens with zero attached hydrogens (tertiary/aromatic N) is 5. The molecule has 0 spiro atoms. The first kappa shape index (κ1) is 23.7. The van der Waals surface area contributed by atoms with Crippen LogP contribution >= 0.6 is 11.3 Å². The van der Waals surface area contributed by atoms with Gasteiger partial charge in [-0.3, -0.25) is 19.9 Å². The number of imidazole rings is 1. The van der Waals surface area contributed by atoms with Crippen LogP contribution in [-0.4, -0.2) is 41.0 Å². The lowest BCUT2D eigenvalue weighted by Gasteiger charge is -2.20. The first-order valence-electron chi connectivity index (χ1n) is 13.1. The minimum absolute atomic E-state index is 0.0738. The molecule has 3 N–H and O–H groups in total. The van der Waals surface area contributed by atoms with Gasteiger partial charge in [-0.1, -0.05) is 19.3 Å². The Labute approximate surface area is 228 Å². The van der Waals surface area contributed by atoms with E-state index in [4.69, 9.17) is 4.98 Å². The van der Waals surface area contributed by atoms with Crippen LogP contribution in [0.4, 0.5) is 5.69 Å². The van der Waals surface area contributed by atoms with Crippen molar-refractivity contribution in [3.05, 3.63) is 60.0 Å². The summed E-state index contributed by atoms with van der Waals surface area (Å²) in [4.78, 5) is 36.9. The van der Waals surface area contributed by atoms with E-state index in [1.54, 1.807) is 36.1 Å². The van der Waals surface area contributed by atoms with Crippen molar-refractivity contribution in [3.63, 3.8) is 0 Å². The van der Waals surface area contributed by atoms with Crippen LogP contribution in [0.2, 0.25) is 0 Å². The predicted octanol–water partition coefficient (Wildman–Crippen LogP) is 6.51. The second-order valence-electron chi connectivity index (χ2n) is 10.0. The van der Waals surface area contributed by atoms with Gasteiger partial charge in [0.15, 0.2) is 11.5 Å². The van der Waals surface area contributed by atoms with E-state index in [1.807, 2.05) is 18.2 Å². The molecule has 194 valence electrons. The van der Waals surface area contributed by atoms with Crippen molar-refractivity contribution in [1.82, 2.24) is 35.1 Å². The molecular weight excluding hydrogens is 508 g/mol. The highest BCUT2D eigenvalue weighted by atomic mass is 32.1. The van der Waals surface area contributed by atoms with Gasteiger partial charge >= 0.3 is 0 Å². The topological polar surface area (TPSA) is 125 Å². The number of carbonyl (C=O) groups excluding carboxylic acids is 1. The number of fused-ring (bicyclic) bond motifs is 2. The quantitative estimate of drug-likeness (QED) is 0.231. The van der Waals surface area contributed by atoms with E-state index in [9.17, 15) is 4.79 Å². The number of aromatic amines is 2. The maximum absolute atomic E-state index is 12.8. The fraction of sp³-hybridized carbons (Fsp3) is 0.241. The highest BCUT2D eigenvalue weighted by Crippen LogP contribution is 2.34. The van der Waals surface area contributed by atoms with Gasteiger partial charge in [0.25, 0.3) is 0 Å². The molecule has 1 saturated carbocycles. The van der Waals surface area contributed by atoms with Crippen LogP contribution in [-0.2, 0) is 4.79 Å². The number of nitrogens with one attached hydrogen (secondary N) is 3. The van der Waals surface area contributed by atoms with Crippen LogP contribution in [0.25, 0.3) is 55.3 Å². The van der Waals surface area contributed by atoms with Crippen molar-refractivity contribution in [2.24, 2.45) is 5.92 Å². The van der Waals surface area contributed by atoms with Crippen LogP contribution in [0.1, 0.15) is 37.0 Å². The molecular formula is C29H26N8OS. The van der Waals surface area contributed by atoms with E-state index in [2.05, 4.69) is 54.5 Å². The zero-order valence-corrected chi connectivity index (χ0v) is 22.2. The lowest BCUT2D eigenvalue weighted by atomic mass is 9.88. The number of thiophene rings is 1. The number of carbonyl (C=O) groups is 1. The average Bonchev–Trinajstić information content (AvgIpc) is 3.71. The molecule has 0 unspecified atom stereocenters. The Morgan fingerprint density at radius 2 is 1.95 bits per heavy atom. The van der Waals surface area contributed by atoms with E-state index in [0.717, 1.165) is 63.8 Å². The highest BCUT2D eigenvalue weighted by Gasteiger charge is 2.22. The van der Waals surface area contributed by atoms with Crippen molar-refractivity contribution < 1.29 is 4.79 Å². The van der Waals surface area contributed by atoms with Gasteiger partial charge in [0.05, 0.1) is 34.8 Å². The molecule has 6 heterocycles. The predicted molar refractivity (Wildman–Crippen MR) is 153 cm³/mol. The van der Waals surface area contributed by atoms with Gasteiger partial charge < -0.3 is 10.3 Å². The second-order valence-corrected chi connectivity index (χ2v) is 11.3. The monoisotopic (exact) mass is 534 g/mol. The summed E-state index contributed by atoms with van der Waals surface area (Å²) in [7, 11) is 0. The molecule has 6 aromatic heterocycles. The SMILES string of the molecule is Cc1ccc(-c2ccnc3nc(-c4n[nH]c5cnc(-c6cncc(NC(=O)C7CCCCC7)c6)cc45)[nH]c23)s1. The maximum atomic E-state index is 12.8. The summed E-state index contributed by atoms with van der Waals surface area (Å²) in [5.74, 6) is 0.783. The summed E-state index contributed by atoms with van der Waals surface area (Å²) in [6.07, 6.45) is 12.3. The van der Waals surface area contributed by atoms with Gasteiger partial charge in [-0.2, -0.15) is 5.10 Å². The molecule has 7 rings (SSSR count). The van der Waals surface area contributed by atoms with E-state index in [0.29, 0.717) is 22.9 Å². The van der Waals surface area contributed by atoms with Crippen molar-refractivity contribution in [1.29, 1.82) is 0 Å². The van der Waals surface area contributed by atoms with Gasteiger partial charge in [-0.15, -0.1) is 11.3 Å². The summed E-state index contributed by atoms with van der Waals surface area (Å²) in [6.45, 7) is 2.10. The first-order chi connectivity index (χ1) is 19.1. The minimum Gasteiger partial charge on any atom is -0.335 e. The summed E-state index contributed by atoms with van der Waals surface area (Å²) < 4.78 is 0. The fourth-order valence-electron chi connectivity index (χ4n) is 5.32. The molecule has 10 heteroatoms. The Balaban J connectivity index is 1.22. The molecule has 0 aromatic carbocycles. The molecule has 1 amide bonds. The van der Waals surface area contributed by atoms with Crippen molar-refractivity contribution in [3.8, 4) is 33.2 Å². The number of aromatic nitrogens is 7. The largest absolute Gasteiger partial charge is 0.335 e. The van der Waals surface area contributed by atoms with E-state index in [1.165, 1.54) is 11.3 Å². The van der Waals surface area contributed by atoms with Gasteiger partial charge in [0, 0.05) is 44.6 Å². The lowest BCUT2D eigenvalue weighted by molar-refractivity contribution is -0.120. The molecule has 0 bridgehead atoms. The number of hydrogen-bond acceptors (Lipinski definition) is 7. The second kappa shape index (κ2) is 9.70. The highest BCUT2D eigenvalue weighted by molar-refractivity contribution is 7.15. The molecule has 1 aliphatic rings. The number of amides is 1. The summed E-state index contributed by atoms with van der Waals surface area (Å²) in [5, 5.41) is 11.6. The van der Waals surface area contributed by atoms with E-state index >= 15 is 0 Å². The molecule has 39 heavy (non-hydrogen) atoms. The molecule has 6 aromatic rings. The molecule has 0 aliphatic heterocycles. The van der Waals surface area contributed by atoms with Crippen LogP contribution in [0.15, 0.2) is 55.1 Å². The Kier molecular flexibility index (Phi) is 5.89. The summed E-state index contributed by atoms with van der Waals surface area (Å²) in [5.41, 5.74) is 6.30. The number of pyridine rings is 3. The van der Waals surface area contributed by atoms with Crippen LogP contribution in [0.3, 0.4) is 0 Å². The standard InChI is InChI=1S/C29H26N8OS/c1-16-7-8-24(39-16)20-9-10-31-27-25(20)34-28(35-27)26-21-12-22(32-15-23(21)36-37-26)18-11-19(14-30-13-18)33-29(38)17-5-3-2-4-6-17/h7-15,17H,2-6H2,1H3,(H,33,38)(H,36,37)(H,31,34,35). The Morgan fingerprint density at radius 1 is 1.05 bits per heavy atom. The third kappa shape index (κ3) is 4.46. The molecule has 9 nitrogen and oxygen atoms in total. The third-order valence-corrected chi connectivity index (χ3v) is 8.38. The number of hydrogen-bond donors (Lipinski definition) is 3. The maximum Gasteiger partial charge on any atom is 0.227 e. The zero-order valence-electron chi connectivity index (χ0n) is 21.4. The summed E-state index contributed by atoms with van der Waals surface area (Å²) in [6, 6.07) is 10.1. The number of aryl methyl sites for hydroxylation is 1.